The molecule has 1 aromatic heterocycles. The van der Waals surface area contributed by atoms with Crippen molar-refractivity contribution in [2.75, 3.05) is 12.4 Å². The van der Waals surface area contributed by atoms with E-state index in [-0.39, 0.29) is 12.6 Å². The molecule has 128 valence electrons. The molecule has 7 heteroatoms. The molecule has 3 rings (SSSR count). The van der Waals surface area contributed by atoms with Crippen molar-refractivity contribution in [1.29, 1.82) is 0 Å². The fourth-order valence-corrected chi connectivity index (χ4v) is 2.39. The Morgan fingerprint density at radius 2 is 2.00 bits per heavy atom. The minimum atomic E-state index is -0.294. The smallest absolute Gasteiger partial charge is 0.322 e. The van der Waals surface area contributed by atoms with Crippen LogP contribution in [-0.4, -0.2) is 28.1 Å². The Kier molecular flexibility index (Phi) is 5.00. The van der Waals surface area contributed by atoms with Crippen molar-refractivity contribution < 1.29 is 9.32 Å². The minimum absolute atomic E-state index is 0.200. The molecule has 1 N–H and O–H groups in total. The quantitative estimate of drug-likeness (QED) is 0.753. The van der Waals surface area contributed by atoms with Gasteiger partial charge in [0.2, 0.25) is 11.7 Å². The number of benzene rings is 2. The van der Waals surface area contributed by atoms with Crippen LogP contribution in [0.4, 0.5) is 10.5 Å². The number of nitrogens with one attached hydrogen (secondary N) is 1. The lowest BCUT2D eigenvalue weighted by molar-refractivity contribution is 0.213. The molecule has 2 aromatic carbocycles. The number of hydrogen-bond acceptors (Lipinski definition) is 4. The van der Waals surface area contributed by atoms with Crippen LogP contribution in [0.15, 0.2) is 53.1 Å². The topological polar surface area (TPSA) is 71.3 Å². The third kappa shape index (κ3) is 4.36. The number of rotatable bonds is 4. The Bertz CT molecular complexity index is 877. The Morgan fingerprint density at radius 1 is 1.24 bits per heavy atom. The van der Waals surface area contributed by atoms with E-state index in [0.717, 1.165) is 11.1 Å². The Morgan fingerprint density at radius 3 is 2.72 bits per heavy atom. The van der Waals surface area contributed by atoms with Crippen LogP contribution in [0.25, 0.3) is 11.4 Å². The first-order valence-corrected chi connectivity index (χ1v) is 8.06. The van der Waals surface area contributed by atoms with Crippen LogP contribution >= 0.6 is 11.6 Å². The molecule has 0 atom stereocenters. The van der Waals surface area contributed by atoms with Crippen LogP contribution < -0.4 is 5.32 Å². The fraction of sp³-hybridized carbons (Fsp3) is 0.167. The Balaban J connectivity index is 1.63. The normalized spacial score (nSPS) is 10.5. The summed E-state index contributed by atoms with van der Waals surface area (Å²) in [7, 11) is 1.65. The zero-order valence-corrected chi connectivity index (χ0v) is 14.6. The second kappa shape index (κ2) is 7.36. The minimum Gasteiger partial charge on any atom is -0.337 e. The van der Waals surface area contributed by atoms with E-state index in [1.165, 1.54) is 4.90 Å². The number of aromatic nitrogens is 2. The van der Waals surface area contributed by atoms with Crippen LogP contribution in [0.5, 0.6) is 0 Å². The maximum atomic E-state index is 12.2. The molecule has 0 aliphatic carbocycles. The summed E-state index contributed by atoms with van der Waals surface area (Å²) in [4.78, 5) is 18.0. The maximum Gasteiger partial charge on any atom is 0.322 e. The van der Waals surface area contributed by atoms with Crippen molar-refractivity contribution in [2.24, 2.45) is 0 Å². The van der Waals surface area contributed by atoms with Gasteiger partial charge in [0.25, 0.3) is 0 Å². The summed E-state index contributed by atoms with van der Waals surface area (Å²) >= 11 is 5.91. The second-order valence-corrected chi connectivity index (χ2v) is 6.11. The molecule has 0 radical (unpaired) electrons. The number of hydrogen-bond donors (Lipinski definition) is 1. The predicted molar refractivity (Wildman–Crippen MR) is 96.4 cm³/mol. The van der Waals surface area contributed by atoms with Gasteiger partial charge in [-0.05, 0) is 25.1 Å². The summed E-state index contributed by atoms with van der Waals surface area (Å²) in [5.41, 5.74) is 2.65. The third-order valence-corrected chi connectivity index (χ3v) is 3.81. The number of urea groups is 1. The Labute approximate surface area is 150 Å². The molecule has 3 aromatic rings. The summed E-state index contributed by atoms with van der Waals surface area (Å²) in [5.74, 6) is 0.859. The molecule has 0 bridgehead atoms. The molecule has 2 amide bonds. The molecule has 0 saturated carbocycles. The summed E-state index contributed by atoms with van der Waals surface area (Å²) in [5, 5.41) is 7.28. The molecule has 1 heterocycles. The number of aryl methyl sites for hydroxylation is 1. The van der Waals surface area contributed by atoms with Crippen molar-refractivity contribution in [3.05, 3.63) is 65.0 Å². The van der Waals surface area contributed by atoms with E-state index in [9.17, 15) is 4.79 Å². The van der Waals surface area contributed by atoms with E-state index >= 15 is 0 Å². The zero-order valence-electron chi connectivity index (χ0n) is 13.9. The number of carbonyl (C=O) groups is 1. The lowest BCUT2D eigenvalue weighted by Gasteiger charge is -2.15. The first-order chi connectivity index (χ1) is 12.0. The molecule has 25 heavy (non-hydrogen) atoms. The molecule has 6 nitrogen and oxygen atoms in total. The SMILES string of the molecule is Cc1ccc(-c2noc(CN(C)C(=O)Nc3cccc(Cl)c3)n2)cc1. The molecule has 0 fully saturated rings. The zero-order chi connectivity index (χ0) is 17.8. The number of carbonyl (C=O) groups excluding carboxylic acids is 1. The van der Waals surface area contributed by atoms with E-state index in [1.54, 1.807) is 31.3 Å². The highest BCUT2D eigenvalue weighted by molar-refractivity contribution is 6.30. The van der Waals surface area contributed by atoms with Gasteiger partial charge in [0.05, 0.1) is 0 Å². The van der Waals surface area contributed by atoms with Crippen LogP contribution in [0.2, 0.25) is 5.02 Å². The molecule has 0 aliphatic heterocycles. The van der Waals surface area contributed by atoms with Gasteiger partial charge >= 0.3 is 6.03 Å². The first kappa shape index (κ1) is 17.0. The monoisotopic (exact) mass is 356 g/mol. The first-order valence-electron chi connectivity index (χ1n) is 7.68. The molecule has 0 saturated heterocycles. The lowest BCUT2D eigenvalue weighted by Crippen LogP contribution is -2.30. The number of anilines is 1. The second-order valence-electron chi connectivity index (χ2n) is 5.67. The van der Waals surface area contributed by atoms with Gasteiger partial charge in [-0.2, -0.15) is 4.98 Å². The van der Waals surface area contributed by atoms with Crippen molar-refractivity contribution in [3.8, 4) is 11.4 Å². The predicted octanol–water partition coefficient (Wildman–Crippen LogP) is 4.36. The van der Waals surface area contributed by atoms with E-state index < -0.39 is 0 Å². The van der Waals surface area contributed by atoms with Gasteiger partial charge in [-0.3, -0.25) is 0 Å². The van der Waals surface area contributed by atoms with E-state index in [2.05, 4.69) is 15.5 Å². The van der Waals surface area contributed by atoms with Gasteiger partial charge in [0, 0.05) is 23.3 Å². The van der Waals surface area contributed by atoms with Crippen LogP contribution in [-0.2, 0) is 6.54 Å². The highest BCUT2D eigenvalue weighted by Gasteiger charge is 2.15. The van der Waals surface area contributed by atoms with Crippen molar-refractivity contribution >= 4 is 23.3 Å². The van der Waals surface area contributed by atoms with Gasteiger partial charge in [-0.1, -0.05) is 52.7 Å². The van der Waals surface area contributed by atoms with Crippen LogP contribution in [0.3, 0.4) is 0 Å². The van der Waals surface area contributed by atoms with Gasteiger partial charge in [-0.15, -0.1) is 0 Å². The van der Waals surface area contributed by atoms with Crippen LogP contribution in [0.1, 0.15) is 11.5 Å². The van der Waals surface area contributed by atoms with Crippen molar-refractivity contribution in [2.45, 2.75) is 13.5 Å². The van der Waals surface area contributed by atoms with Crippen LogP contribution in [0, 0.1) is 6.92 Å². The van der Waals surface area contributed by atoms with Crippen molar-refractivity contribution in [3.63, 3.8) is 0 Å². The van der Waals surface area contributed by atoms with E-state index in [4.69, 9.17) is 16.1 Å². The number of amides is 2. The third-order valence-electron chi connectivity index (χ3n) is 3.57. The average molecular weight is 357 g/mol. The maximum absolute atomic E-state index is 12.2. The standard InChI is InChI=1S/C18H17ClN4O2/c1-12-6-8-13(9-7-12)17-21-16(25-22-17)11-23(2)18(24)20-15-5-3-4-14(19)10-15/h3-10H,11H2,1-2H3,(H,20,24). The lowest BCUT2D eigenvalue weighted by atomic mass is 10.1. The molecule has 0 spiro atoms. The van der Waals surface area contributed by atoms with Gasteiger partial charge in [-0.25, -0.2) is 4.79 Å². The van der Waals surface area contributed by atoms with Crippen molar-refractivity contribution in [1.82, 2.24) is 15.0 Å². The molecular weight excluding hydrogens is 340 g/mol. The highest BCUT2D eigenvalue weighted by Crippen LogP contribution is 2.18. The summed E-state index contributed by atoms with van der Waals surface area (Å²) < 4.78 is 5.24. The highest BCUT2D eigenvalue weighted by atomic mass is 35.5. The summed E-state index contributed by atoms with van der Waals surface area (Å²) in [6.07, 6.45) is 0. The summed E-state index contributed by atoms with van der Waals surface area (Å²) in [6.45, 7) is 2.21. The Hall–Kier alpha value is -2.86. The molecular formula is C18H17ClN4O2. The summed E-state index contributed by atoms with van der Waals surface area (Å²) in [6, 6.07) is 14.5. The number of nitrogens with zero attached hydrogens (tertiary/aromatic N) is 3. The fourth-order valence-electron chi connectivity index (χ4n) is 2.20. The van der Waals surface area contributed by atoms with Gasteiger partial charge in [0.15, 0.2) is 0 Å². The largest absolute Gasteiger partial charge is 0.337 e. The van der Waals surface area contributed by atoms with E-state index in [1.807, 2.05) is 31.2 Å². The van der Waals surface area contributed by atoms with Gasteiger partial charge in [0.1, 0.15) is 6.54 Å². The molecule has 0 aliphatic rings. The average Bonchev–Trinajstić information content (AvgIpc) is 3.04. The number of halogens is 1. The van der Waals surface area contributed by atoms with Gasteiger partial charge < -0.3 is 14.7 Å². The van der Waals surface area contributed by atoms with E-state index in [0.29, 0.717) is 22.4 Å². The molecule has 0 unspecified atom stereocenters.